The third-order valence-corrected chi connectivity index (χ3v) is 4.99. The average molecular weight is 396 g/mol. The summed E-state index contributed by atoms with van der Waals surface area (Å²) < 4.78 is 11.6. The Morgan fingerprint density at radius 3 is 2.30 bits per heavy atom. The van der Waals surface area contributed by atoms with Gasteiger partial charge >= 0.3 is 0 Å². The first-order chi connectivity index (χ1) is 14.8. The van der Waals surface area contributed by atoms with E-state index in [2.05, 4.69) is 43.3 Å². The molecule has 3 heteroatoms. The largest absolute Gasteiger partial charge is 0.497 e. The summed E-state index contributed by atoms with van der Waals surface area (Å²) in [5, 5.41) is 0. The fourth-order valence-electron chi connectivity index (χ4n) is 3.47. The van der Waals surface area contributed by atoms with Crippen LogP contribution in [0.15, 0.2) is 95.5 Å². The zero-order chi connectivity index (χ0) is 20.8. The Morgan fingerprint density at radius 2 is 1.60 bits per heavy atom. The Kier molecular flexibility index (Phi) is 6.09. The van der Waals surface area contributed by atoms with Gasteiger partial charge in [-0.05, 0) is 47.9 Å². The van der Waals surface area contributed by atoms with Crippen molar-refractivity contribution in [2.24, 2.45) is 4.99 Å². The summed E-state index contributed by atoms with van der Waals surface area (Å²) in [6.07, 6.45) is 6.23. The topological polar surface area (TPSA) is 30.8 Å². The smallest absolute Gasteiger partial charge is 0.227 e. The van der Waals surface area contributed by atoms with Crippen molar-refractivity contribution in [3.63, 3.8) is 0 Å². The maximum Gasteiger partial charge on any atom is 0.227 e. The van der Waals surface area contributed by atoms with Crippen LogP contribution in [0.2, 0.25) is 0 Å². The highest BCUT2D eigenvalue weighted by Crippen LogP contribution is 2.35. The predicted octanol–water partition coefficient (Wildman–Crippen LogP) is 7.03. The third kappa shape index (κ3) is 4.36. The summed E-state index contributed by atoms with van der Waals surface area (Å²) in [6, 6.07) is 26.2. The van der Waals surface area contributed by atoms with Crippen molar-refractivity contribution in [2.75, 3.05) is 7.11 Å². The molecular weight excluding hydrogens is 370 g/mol. The maximum atomic E-state index is 6.33. The molecular formula is C27H25NO2. The molecule has 150 valence electrons. The number of nitrogens with zero attached hydrogens (tertiary/aromatic N) is 1. The summed E-state index contributed by atoms with van der Waals surface area (Å²) >= 11 is 0. The monoisotopic (exact) mass is 395 g/mol. The number of para-hydroxylation sites is 1. The number of benzene rings is 3. The molecule has 1 heterocycles. The van der Waals surface area contributed by atoms with Gasteiger partial charge in [-0.3, -0.25) is 0 Å². The molecule has 1 aliphatic rings. The SMILES string of the molecule is CCCC(/C=C/c1ccc(OC)cc1)=C1/OC(=Nc2ccccc2)c2ccccc21. The quantitative estimate of drug-likeness (QED) is 0.449. The molecule has 3 aromatic carbocycles. The Morgan fingerprint density at radius 1 is 0.900 bits per heavy atom. The minimum absolute atomic E-state index is 0.651. The van der Waals surface area contributed by atoms with Gasteiger partial charge in [-0.15, -0.1) is 0 Å². The molecule has 0 fully saturated rings. The van der Waals surface area contributed by atoms with Crippen LogP contribution in [0.4, 0.5) is 5.69 Å². The van der Waals surface area contributed by atoms with Crippen molar-refractivity contribution in [3.8, 4) is 5.75 Å². The Labute approximate surface area is 178 Å². The van der Waals surface area contributed by atoms with Gasteiger partial charge in [-0.1, -0.05) is 74.0 Å². The summed E-state index contributed by atoms with van der Waals surface area (Å²) in [5.74, 6) is 2.40. The van der Waals surface area contributed by atoms with Gasteiger partial charge in [-0.25, -0.2) is 4.99 Å². The fourth-order valence-corrected chi connectivity index (χ4v) is 3.47. The first kappa shape index (κ1) is 19.7. The van der Waals surface area contributed by atoms with E-state index in [4.69, 9.17) is 14.5 Å². The summed E-state index contributed by atoms with van der Waals surface area (Å²) in [4.78, 5) is 4.75. The number of hydrogen-bond donors (Lipinski definition) is 0. The fraction of sp³-hybridized carbons (Fsp3) is 0.148. The summed E-state index contributed by atoms with van der Waals surface area (Å²) in [6.45, 7) is 2.18. The second-order valence-corrected chi connectivity index (χ2v) is 7.11. The van der Waals surface area contributed by atoms with E-state index in [-0.39, 0.29) is 0 Å². The van der Waals surface area contributed by atoms with Crippen LogP contribution in [0.1, 0.15) is 36.5 Å². The summed E-state index contributed by atoms with van der Waals surface area (Å²) in [5.41, 5.74) is 5.29. The lowest BCUT2D eigenvalue weighted by atomic mass is 10.0. The molecule has 0 aromatic heterocycles. The lowest BCUT2D eigenvalue weighted by molar-refractivity contribution is 0.415. The molecule has 3 aromatic rings. The van der Waals surface area contributed by atoms with E-state index in [1.165, 1.54) is 5.57 Å². The highest BCUT2D eigenvalue weighted by Gasteiger charge is 2.26. The molecule has 4 rings (SSSR count). The van der Waals surface area contributed by atoms with Gasteiger partial charge in [0.15, 0.2) is 0 Å². The average Bonchev–Trinajstić information content (AvgIpc) is 3.16. The van der Waals surface area contributed by atoms with Gasteiger partial charge in [0.05, 0.1) is 12.8 Å². The highest BCUT2D eigenvalue weighted by molar-refractivity contribution is 6.07. The zero-order valence-electron chi connectivity index (χ0n) is 17.3. The van der Waals surface area contributed by atoms with E-state index < -0.39 is 0 Å². The van der Waals surface area contributed by atoms with Crippen LogP contribution in [0, 0.1) is 0 Å². The molecule has 0 unspecified atom stereocenters. The van der Waals surface area contributed by atoms with Crippen molar-refractivity contribution >= 4 is 23.4 Å². The number of allylic oxidation sites excluding steroid dienone is 2. The van der Waals surface area contributed by atoms with Crippen molar-refractivity contribution in [2.45, 2.75) is 19.8 Å². The minimum Gasteiger partial charge on any atom is -0.497 e. The van der Waals surface area contributed by atoms with Crippen LogP contribution in [0.25, 0.3) is 11.8 Å². The van der Waals surface area contributed by atoms with E-state index in [0.717, 1.165) is 46.7 Å². The third-order valence-electron chi connectivity index (χ3n) is 4.99. The van der Waals surface area contributed by atoms with Crippen LogP contribution in [-0.2, 0) is 4.74 Å². The lowest BCUT2D eigenvalue weighted by Crippen LogP contribution is -1.96. The molecule has 0 bridgehead atoms. The molecule has 0 spiro atoms. The van der Waals surface area contributed by atoms with Gasteiger partial charge in [-0.2, -0.15) is 0 Å². The van der Waals surface area contributed by atoms with Gasteiger partial charge in [0, 0.05) is 11.1 Å². The molecule has 0 atom stereocenters. The second-order valence-electron chi connectivity index (χ2n) is 7.11. The van der Waals surface area contributed by atoms with Crippen molar-refractivity contribution in [3.05, 3.63) is 107 Å². The number of fused-ring (bicyclic) bond motifs is 1. The Bertz CT molecular complexity index is 1090. The maximum absolute atomic E-state index is 6.33. The number of methoxy groups -OCH3 is 1. The van der Waals surface area contributed by atoms with Crippen LogP contribution in [-0.4, -0.2) is 13.0 Å². The van der Waals surface area contributed by atoms with E-state index in [9.17, 15) is 0 Å². The van der Waals surface area contributed by atoms with Crippen LogP contribution in [0.3, 0.4) is 0 Å². The van der Waals surface area contributed by atoms with E-state index in [0.29, 0.717) is 5.90 Å². The van der Waals surface area contributed by atoms with Gasteiger partial charge in [0.2, 0.25) is 5.90 Å². The zero-order valence-corrected chi connectivity index (χ0v) is 17.3. The molecule has 0 N–H and O–H groups in total. The molecule has 0 radical (unpaired) electrons. The number of ether oxygens (including phenoxy) is 2. The molecule has 0 saturated heterocycles. The standard InChI is InChI=1S/C27H25NO2/c1-3-9-21(17-14-20-15-18-23(29-2)19-16-20)26-24-12-7-8-13-25(24)27(30-26)28-22-10-5-4-6-11-22/h4-8,10-19H,3,9H2,1-2H3/b17-14+,26-21-,28-27?. The Balaban J connectivity index is 1.72. The van der Waals surface area contributed by atoms with Crippen LogP contribution < -0.4 is 4.74 Å². The number of hydrogen-bond acceptors (Lipinski definition) is 3. The Hall–Kier alpha value is -3.59. The first-order valence-corrected chi connectivity index (χ1v) is 10.2. The van der Waals surface area contributed by atoms with Gasteiger partial charge in [0.1, 0.15) is 11.5 Å². The predicted molar refractivity (Wildman–Crippen MR) is 124 cm³/mol. The van der Waals surface area contributed by atoms with Crippen molar-refractivity contribution in [1.29, 1.82) is 0 Å². The van der Waals surface area contributed by atoms with Crippen molar-refractivity contribution in [1.82, 2.24) is 0 Å². The molecule has 30 heavy (non-hydrogen) atoms. The minimum atomic E-state index is 0.651. The number of rotatable bonds is 6. The van der Waals surface area contributed by atoms with E-state index >= 15 is 0 Å². The summed E-state index contributed by atoms with van der Waals surface area (Å²) in [7, 11) is 1.68. The van der Waals surface area contributed by atoms with Crippen molar-refractivity contribution < 1.29 is 9.47 Å². The van der Waals surface area contributed by atoms with Gasteiger partial charge < -0.3 is 9.47 Å². The first-order valence-electron chi connectivity index (χ1n) is 10.2. The molecule has 0 aliphatic carbocycles. The van der Waals surface area contributed by atoms with Crippen LogP contribution >= 0.6 is 0 Å². The molecule has 1 aliphatic heterocycles. The molecule has 3 nitrogen and oxygen atoms in total. The van der Waals surface area contributed by atoms with E-state index in [1.54, 1.807) is 7.11 Å². The highest BCUT2D eigenvalue weighted by atomic mass is 16.5. The number of aliphatic imine (C=N–C) groups is 1. The van der Waals surface area contributed by atoms with Gasteiger partial charge in [0.25, 0.3) is 0 Å². The van der Waals surface area contributed by atoms with Crippen LogP contribution in [0.5, 0.6) is 5.75 Å². The molecule has 0 saturated carbocycles. The second kappa shape index (κ2) is 9.27. The normalized spacial score (nSPS) is 15.9. The lowest BCUT2D eigenvalue weighted by Gasteiger charge is -2.07. The van der Waals surface area contributed by atoms with E-state index in [1.807, 2.05) is 54.6 Å². The molecule has 0 amide bonds.